The van der Waals surface area contributed by atoms with Crippen LogP contribution in [0, 0.1) is 6.92 Å². The number of pyridine rings is 1. The predicted octanol–water partition coefficient (Wildman–Crippen LogP) is 0.775. The van der Waals surface area contributed by atoms with Gasteiger partial charge in [0.15, 0.2) is 0 Å². The molecule has 4 heteroatoms. The number of methoxy groups -OCH3 is 1. The smallest absolute Gasteiger partial charge is 0.250 e. The van der Waals surface area contributed by atoms with Crippen LogP contribution in [0.5, 0.6) is 0 Å². The van der Waals surface area contributed by atoms with Gasteiger partial charge in [-0.05, 0) is 19.4 Å². The lowest BCUT2D eigenvalue weighted by atomic mass is 10.3. The summed E-state index contributed by atoms with van der Waals surface area (Å²) in [6, 6.07) is 3.14. The number of rotatable bonds is 4. The zero-order valence-corrected chi connectivity index (χ0v) is 8.62. The minimum Gasteiger partial charge on any atom is -0.397 e. The molecule has 0 spiro atoms. The van der Waals surface area contributed by atoms with Crippen LogP contribution in [0.1, 0.15) is 12.1 Å². The average Bonchev–Trinajstić information content (AvgIpc) is 2.18. The third kappa shape index (κ3) is 2.35. The number of nitrogen functional groups attached to an aromatic ring is 1. The van der Waals surface area contributed by atoms with Crippen molar-refractivity contribution in [3.8, 4) is 0 Å². The molecule has 0 radical (unpaired) electrons. The maximum absolute atomic E-state index is 11.5. The topological polar surface area (TPSA) is 57.2 Å². The van der Waals surface area contributed by atoms with Crippen LogP contribution < -0.4 is 11.3 Å². The Morgan fingerprint density at radius 1 is 1.50 bits per heavy atom. The van der Waals surface area contributed by atoms with Crippen molar-refractivity contribution in [3.63, 3.8) is 0 Å². The molecule has 1 rings (SSSR count). The van der Waals surface area contributed by atoms with Gasteiger partial charge in [0.25, 0.3) is 5.56 Å². The first-order valence-electron chi connectivity index (χ1n) is 4.61. The Morgan fingerprint density at radius 3 is 2.86 bits per heavy atom. The van der Waals surface area contributed by atoms with Gasteiger partial charge in [0, 0.05) is 32.0 Å². The van der Waals surface area contributed by atoms with Gasteiger partial charge in [-0.25, -0.2) is 0 Å². The van der Waals surface area contributed by atoms with Gasteiger partial charge in [-0.3, -0.25) is 4.79 Å². The SMILES string of the molecule is COCCCn1c(C)c(N)ccc1=O. The molecule has 0 saturated carbocycles. The normalized spacial score (nSPS) is 10.4. The van der Waals surface area contributed by atoms with Gasteiger partial charge < -0.3 is 15.0 Å². The van der Waals surface area contributed by atoms with E-state index in [9.17, 15) is 4.79 Å². The van der Waals surface area contributed by atoms with Gasteiger partial charge in [0.2, 0.25) is 0 Å². The zero-order chi connectivity index (χ0) is 10.6. The minimum absolute atomic E-state index is 0.00666. The van der Waals surface area contributed by atoms with Crippen molar-refractivity contribution in [2.75, 3.05) is 19.5 Å². The van der Waals surface area contributed by atoms with Gasteiger partial charge >= 0.3 is 0 Å². The molecule has 1 heterocycles. The first-order chi connectivity index (χ1) is 6.66. The second-order valence-corrected chi connectivity index (χ2v) is 3.21. The summed E-state index contributed by atoms with van der Waals surface area (Å²) in [5.41, 5.74) is 7.18. The second kappa shape index (κ2) is 4.81. The van der Waals surface area contributed by atoms with Crippen LogP contribution >= 0.6 is 0 Å². The second-order valence-electron chi connectivity index (χ2n) is 3.21. The summed E-state index contributed by atoms with van der Waals surface area (Å²) in [5, 5.41) is 0. The van der Waals surface area contributed by atoms with E-state index in [1.165, 1.54) is 6.07 Å². The molecule has 0 aromatic carbocycles. The molecular formula is C10H16N2O2. The Labute approximate surface area is 83.3 Å². The van der Waals surface area contributed by atoms with E-state index in [1.807, 2.05) is 6.92 Å². The highest BCUT2D eigenvalue weighted by molar-refractivity contribution is 5.41. The van der Waals surface area contributed by atoms with E-state index in [0.29, 0.717) is 18.8 Å². The van der Waals surface area contributed by atoms with E-state index in [4.69, 9.17) is 10.5 Å². The van der Waals surface area contributed by atoms with Gasteiger partial charge in [0.05, 0.1) is 5.69 Å². The Hall–Kier alpha value is -1.29. The molecule has 0 aliphatic carbocycles. The molecule has 0 aliphatic heterocycles. The van der Waals surface area contributed by atoms with E-state index in [2.05, 4.69) is 0 Å². The molecule has 14 heavy (non-hydrogen) atoms. The van der Waals surface area contributed by atoms with Gasteiger partial charge in [-0.15, -0.1) is 0 Å². The van der Waals surface area contributed by atoms with Crippen molar-refractivity contribution in [2.45, 2.75) is 19.9 Å². The van der Waals surface area contributed by atoms with Crippen molar-refractivity contribution < 1.29 is 4.74 Å². The fourth-order valence-corrected chi connectivity index (χ4v) is 1.34. The molecule has 2 N–H and O–H groups in total. The van der Waals surface area contributed by atoms with E-state index in [-0.39, 0.29) is 5.56 Å². The maximum atomic E-state index is 11.5. The summed E-state index contributed by atoms with van der Waals surface area (Å²) in [6.45, 7) is 3.16. The quantitative estimate of drug-likeness (QED) is 0.724. The third-order valence-corrected chi connectivity index (χ3v) is 2.22. The molecule has 1 aromatic heterocycles. The first kappa shape index (κ1) is 10.8. The lowest BCUT2D eigenvalue weighted by Crippen LogP contribution is -2.23. The fraction of sp³-hybridized carbons (Fsp3) is 0.500. The summed E-state index contributed by atoms with van der Waals surface area (Å²) in [7, 11) is 1.65. The number of hydrogen-bond donors (Lipinski definition) is 1. The number of anilines is 1. The standard InChI is InChI=1S/C10H16N2O2/c1-8-9(11)4-5-10(13)12(8)6-3-7-14-2/h4-5H,3,6-7,11H2,1-2H3. The lowest BCUT2D eigenvalue weighted by Gasteiger charge is -2.10. The van der Waals surface area contributed by atoms with Gasteiger partial charge in [-0.1, -0.05) is 0 Å². The van der Waals surface area contributed by atoms with Gasteiger partial charge in [0.1, 0.15) is 0 Å². The first-order valence-corrected chi connectivity index (χ1v) is 4.61. The Balaban J connectivity index is 2.84. The Morgan fingerprint density at radius 2 is 2.21 bits per heavy atom. The Bertz CT molecular complexity index is 358. The molecule has 0 saturated heterocycles. The van der Waals surface area contributed by atoms with E-state index in [1.54, 1.807) is 17.7 Å². The summed E-state index contributed by atoms with van der Waals surface area (Å²) < 4.78 is 6.60. The van der Waals surface area contributed by atoms with Crippen LogP contribution in [0.15, 0.2) is 16.9 Å². The molecule has 0 fully saturated rings. The fourth-order valence-electron chi connectivity index (χ4n) is 1.34. The summed E-state index contributed by atoms with van der Waals surface area (Å²) in [4.78, 5) is 11.5. The molecule has 0 atom stereocenters. The van der Waals surface area contributed by atoms with E-state index >= 15 is 0 Å². The number of hydrogen-bond acceptors (Lipinski definition) is 3. The van der Waals surface area contributed by atoms with Crippen LogP contribution in [0.4, 0.5) is 5.69 Å². The molecule has 0 aliphatic rings. The van der Waals surface area contributed by atoms with Crippen LogP contribution in [0.2, 0.25) is 0 Å². The van der Waals surface area contributed by atoms with Crippen LogP contribution in [0.3, 0.4) is 0 Å². The minimum atomic E-state index is -0.00666. The van der Waals surface area contributed by atoms with Crippen LogP contribution in [-0.4, -0.2) is 18.3 Å². The van der Waals surface area contributed by atoms with Crippen molar-refractivity contribution in [3.05, 3.63) is 28.2 Å². The lowest BCUT2D eigenvalue weighted by molar-refractivity contribution is 0.190. The largest absolute Gasteiger partial charge is 0.397 e. The number of aromatic nitrogens is 1. The molecule has 1 aromatic rings. The molecule has 4 nitrogen and oxygen atoms in total. The number of ether oxygens (including phenoxy) is 1. The third-order valence-electron chi connectivity index (χ3n) is 2.22. The molecule has 0 unspecified atom stereocenters. The van der Waals surface area contributed by atoms with Crippen LogP contribution in [0.25, 0.3) is 0 Å². The summed E-state index contributed by atoms with van der Waals surface area (Å²) in [5.74, 6) is 0. The zero-order valence-electron chi connectivity index (χ0n) is 8.62. The average molecular weight is 196 g/mol. The number of nitrogens with zero attached hydrogens (tertiary/aromatic N) is 1. The highest BCUT2D eigenvalue weighted by Gasteiger charge is 2.02. The maximum Gasteiger partial charge on any atom is 0.250 e. The predicted molar refractivity (Wildman–Crippen MR) is 56.3 cm³/mol. The molecule has 0 amide bonds. The number of nitrogens with two attached hydrogens (primary N) is 1. The highest BCUT2D eigenvalue weighted by Crippen LogP contribution is 2.06. The van der Waals surface area contributed by atoms with Crippen molar-refractivity contribution >= 4 is 5.69 Å². The van der Waals surface area contributed by atoms with Crippen molar-refractivity contribution in [2.24, 2.45) is 0 Å². The van der Waals surface area contributed by atoms with Crippen LogP contribution in [-0.2, 0) is 11.3 Å². The molecular weight excluding hydrogens is 180 g/mol. The Kier molecular flexibility index (Phi) is 3.71. The van der Waals surface area contributed by atoms with Gasteiger partial charge in [-0.2, -0.15) is 0 Å². The van der Waals surface area contributed by atoms with Crippen molar-refractivity contribution in [1.29, 1.82) is 0 Å². The van der Waals surface area contributed by atoms with E-state index < -0.39 is 0 Å². The molecule has 0 bridgehead atoms. The summed E-state index contributed by atoms with van der Waals surface area (Å²) >= 11 is 0. The highest BCUT2D eigenvalue weighted by atomic mass is 16.5. The monoisotopic (exact) mass is 196 g/mol. The van der Waals surface area contributed by atoms with Crippen molar-refractivity contribution in [1.82, 2.24) is 4.57 Å². The van der Waals surface area contributed by atoms with E-state index in [0.717, 1.165) is 12.1 Å². The molecule has 78 valence electrons. The summed E-state index contributed by atoms with van der Waals surface area (Å²) in [6.07, 6.45) is 0.820.